The third kappa shape index (κ3) is 6.17. The molecular formula is C19H23Cl2N3O3S. The van der Waals surface area contributed by atoms with Crippen LogP contribution in [-0.4, -0.2) is 42.0 Å². The van der Waals surface area contributed by atoms with Crippen LogP contribution in [0.3, 0.4) is 0 Å². The van der Waals surface area contributed by atoms with Crippen molar-refractivity contribution in [3.05, 3.63) is 49.9 Å². The van der Waals surface area contributed by atoms with E-state index in [1.54, 1.807) is 32.2 Å². The van der Waals surface area contributed by atoms with Gasteiger partial charge < -0.3 is 10.1 Å². The quantitative estimate of drug-likeness (QED) is 0.595. The van der Waals surface area contributed by atoms with Gasteiger partial charge in [-0.1, -0.05) is 30.1 Å². The highest BCUT2D eigenvalue weighted by atomic mass is 35.5. The molecule has 2 rings (SSSR count). The molecule has 0 saturated carbocycles. The van der Waals surface area contributed by atoms with Gasteiger partial charge in [0, 0.05) is 29.0 Å². The average molecular weight is 444 g/mol. The molecular weight excluding hydrogens is 421 g/mol. The van der Waals surface area contributed by atoms with Crippen LogP contribution in [0, 0.1) is 0 Å². The first kappa shape index (κ1) is 22.6. The molecule has 0 bridgehead atoms. The largest absolute Gasteiger partial charge is 0.465 e. The second-order valence-corrected chi connectivity index (χ2v) is 7.82. The van der Waals surface area contributed by atoms with Crippen molar-refractivity contribution < 1.29 is 14.3 Å². The van der Waals surface area contributed by atoms with Crippen LogP contribution in [0.1, 0.15) is 36.2 Å². The van der Waals surface area contributed by atoms with Gasteiger partial charge in [0.1, 0.15) is 11.0 Å². The van der Waals surface area contributed by atoms with Crippen LogP contribution in [0.4, 0.5) is 0 Å². The van der Waals surface area contributed by atoms with E-state index in [0.717, 1.165) is 10.7 Å². The molecule has 1 N–H and O–H groups in total. The number of esters is 1. The van der Waals surface area contributed by atoms with Crippen molar-refractivity contribution in [2.24, 2.45) is 0 Å². The van der Waals surface area contributed by atoms with E-state index in [0.29, 0.717) is 28.7 Å². The predicted octanol–water partition coefficient (Wildman–Crippen LogP) is 3.86. The summed E-state index contributed by atoms with van der Waals surface area (Å²) in [7, 11) is 1.59. The van der Waals surface area contributed by atoms with Gasteiger partial charge in [0.25, 0.3) is 0 Å². The second-order valence-electron chi connectivity index (χ2n) is 6.00. The maximum absolute atomic E-state index is 12.7. The van der Waals surface area contributed by atoms with Gasteiger partial charge in [-0.25, -0.2) is 9.78 Å². The Kier molecular flexibility index (Phi) is 8.69. The molecule has 1 amide bonds. The summed E-state index contributed by atoms with van der Waals surface area (Å²) in [6, 6.07) is 4.40. The van der Waals surface area contributed by atoms with Crippen molar-refractivity contribution in [3.63, 3.8) is 0 Å². The summed E-state index contributed by atoms with van der Waals surface area (Å²) >= 11 is 13.7. The number of likely N-dealkylation sites (N-methyl/N-ethyl adjacent to an activating group) is 2. The Morgan fingerprint density at radius 1 is 1.25 bits per heavy atom. The van der Waals surface area contributed by atoms with Crippen LogP contribution in [0.15, 0.2) is 23.6 Å². The monoisotopic (exact) mass is 443 g/mol. The highest BCUT2D eigenvalue weighted by Gasteiger charge is 2.29. The van der Waals surface area contributed by atoms with E-state index in [4.69, 9.17) is 27.9 Å². The number of benzene rings is 1. The van der Waals surface area contributed by atoms with Gasteiger partial charge in [0.2, 0.25) is 5.91 Å². The molecule has 0 unspecified atom stereocenters. The molecule has 1 aromatic carbocycles. The number of nitrogens with zero attached hydrogens (tertiary/aromatic N) is 2. The predicted molar refractivity (Wildman–Crippen MR) is 112 cm³/mol. The third-order valence-electron chi connectivity index (χ3n) is 4.04. The molecule has 0 spiro atoms. The van der Waals surface area contributed by atoms with Gasteiger partial charge in [-0.15, -0.1) is 11.3 Å². The molecule has 152 valence electrons. The van der Waals surface area contributed by atoms with E-state index in [-0.39, 0.29) is 24.9 Å². The van der Waals surface area contributed by atoms with Crippen LogP contribution in [-0.2, 0) is 27.3 Å². The molecule has 28 heavy (non-hydrogen) atoms. The van der Waals surface area contributed by atoms with Crippen molar-refractivity contribution in [1.82, 2.24) is 15.2 Å². The highest BCUT2D eigenvalue weighted by Crippen LogP contribution is 2.29. The van der Waals surface area contributed by atoms with Crippen LogP contribution in [0.2, 0.25) is 10.0 Å². The molecule has 1 aromatic heterocycles. The number of carbonyl (C=O) groups excluding carboxylic acids is 2. The van der Waals surface area contributed by atoms with E-state index in [1.807, 2.05) is 17.2 Å². The van der Waals surface area contributed by atoms with Crippen molar-refractivity contribution in [1.29, 1.82) is 0 Å². The Balaban J connectivity index is 2.29. The molecule has 0 aliphatic carbocycles. The Hall–Kier alpha value is -1.67. The lowest BCUT2D eigenvalue weighted by Crippen LogP contribution is -2.35. The molecule has 2 aromatic rings. The van der Waals surface area contributed by atoms with Gasteiger partial charge in [-0.05, 0) is 37.2 Å². The summed E-state index contributed by atoms with van der Waals surface area (Å²) in [6.07, 6.45) is 0.235. The zero-order valence-corrected chi connectivity index (χ0v) is 18.3. The number of aromatic nitrogens is 1. The fraction of sp³-hybridized carbons (Fsp3) is 0.421. The van der Waals surface area contributed by atoms with Gasteiger partial charge in [-0.2, -0.15) is 0 Å². The van der Waals surface area contributed by atoms with Gasteiger partial charge in [0.15, 0.2) is 0 Å². The number of hydrogen-bond acceptors (Lipinski definition) is 6. The van der Waals surface area contributed by atoms with Gasteiger partial charge in [-0.3, -0.25) is 9.69 Å². The minimum atomic E-state index is -0.662. The second kappa shape index (κ2) is 10.8. The molecule has 6 nitrogen and oxygen atoms in total. The fourth-order valence-corrected chi connectivity index (χ4v) is 4.10. The van der Waals surface area contributed by atoms with Crippen LogP contribution in [0.25, 0.3) is 0 Å². The topological polar surface area (TPSA) is 71.5 Å². The summed E-state index contributed by atoms with van der Waals surface area (Å²) in [6.45, 7) is 5.00. The molecule has 0 saturated heterocycles. The maximum Gasteiger partial charge on any atom is 0.328 e. The summed E-state index contributed by atoms with van der Waals surface area (Å²) in [5.74, 6) is -0.463. The number of carbonyl (C=O) groups is 2. The zero-order valence-electron chi connectivity index (χ0n) is 16.0. The number of rotatable bonds is 9. The van der Waals surface area contributed by atoms with Crippen molar-refractivity contribution >= 4 is 46.4 Å². The Morgan fingerprint density at radius 2 is 1.93 bits per heavy atom. The lowest BCUT2D eigenvalue weighted by Gasteiger charge is -2.29. The lowest BCUT2D eigenvalue weighted by molar-refractivity contribution is -0.150. The molecule has 9 heteroatoms. The molecule has 0 fully saturated rings. The fourth-order valence-electron chi connectivity index (χ4n) is 2.77. The van der Waals surface area contributed by atoms with Gasteiger partial charge in [0.05, 0.1) is 18.7 Å². The number of nitrogens with one attached hydrogen (secondary N) is 1. The molecule has 1 atom stereocenters. The van der Waals surface area contributed by atoms with E-state index >= 15 is 0 Å². The van der Waals surface area contributed by atoms with Crippen LogP contribution < -0.4 is 5.32 Å². The van der Waals surface area contributed by atoms with Crippen LogP contribution in [0.5, 0.6) is 0 Å². The average Bonchev–Trinajstić information content (AvgIpc) is 3.07. The zero-order chi connectivity index (χ0) is 20.7. The van der Waals surface area contributed by atoms with E-state index in [9.17, 15) is 9.59 Å². The van der Waals surface area contributed by atoms with Crippen molar-refractivity contribution in [2.75, 3.05) is 20.2 Å². The number of thiazole rings is 1. The van der Waals surface area contributed by atoms with E-state index in [2.05, 4.69) is 10.3 Å². The lowest BCUT2D eigenvalue weighted by atomic mass is 10.0. The molecule has 0 aliphatic heterocycles. The third-order valence-corrected chi connectivity index (χ3v) is 5.37. The normalized spacial score (nSPS) is 12.1. The Labute approximate surface area is 178 Å². The molecule has 0 radical (unpaired) electrons. The summed E-state index contributed by atoms with van der Waals surface area (Å²) in [4.78, 5) is 30.7. The first-order valence-electron chi connectivity index (χ1n) is 8.88. The van der Waals surface area contributed by atoms with Crippen LogP contribution >= 0.6 is 34.5 Å². The van der Waals surface area contributed by atoms with Gasteiger partial charge >= 0.3 is 5.97 Å². The van der Waals surface area contributed by atoms with Crippen molar-refractivity contribution in [3.8, 4) is 0 Å². The number of hydrogen-bond donors (Lipinski definition) is 1. The summed E-state index contributed by atoms with van der Waals surface area (Å²) < 4.78 is 5.29. The highest BCUT2D eigenvalue weighted by molar-refractivity contribution is 7.09. The molecule has 0 aliphatic rings. The van der Waals surface area contributed by atoms with E-state index in [1.165, 1.54) is 11.3 Å². The Morgan fingerprint density at radius 3 is 2.50 bits per heavy atom. The number of halogens is 2. The SMILES string of the molecule is CCOC(=O)[C@H](c1cc(Cl)cc(Cl)c1)N(CC)Cc1csc(CC(=O)NC)n1. The Bertz CT molecular complexity index is 808. The smallest absolute Gasteiger partial charge is 0.328 e. The molecule has 1 heterocycles. The number of amides is 1. The minimum Gasteiger partial charge on any atom is -0.465 e. The summed E-state index contributed by atoms with van der Waals surface area (Å²) in [5, 5.41) is 6.11. The minimum absolute atomic E-state index is 0.0915. The first-order chi connectivity index (χ1) is 13.4. The number of ether oxygens (including phenoxy) is 1. The maximum atomic E-state index is 12.7. The van der Waals surface area contributed by atoms with E-state index < -0.39 is 6.04 Å². The standard InChI is InChI=1S/C19H23Cl2N3O3S/c1-4-24(10-15-11-28-17(23-15)9-16(25)22-3)18(19(26)27-5-2)12-6-13(20)8-14(21)7-12/h6-8,11,18H,4-5,9-10H2,1-3H3,(H,22,25)/t18-/m0/s1. The van der Waals surface area contributed by atoms with Crippen molar-refractivity contribution in [2.45, 2.75) is 32.9 Å². The summed E-state index contributed by atoms with van der Waals surface area (Å²) in [5.41, 5.74) is 1.45. The first-order valence-corrected chi connectivity index (χ1v) is 10.5.